The molecule has 2 heterocycles. The van der Waals surface area contributed by atoms with E-state index >= 15 is 0 Å². The van der Waals surface area contributed by atoms with Gasteiger partial charge >= 0.3 is 0 Å². The van der Waals surface area contributed by atoms with Gasteiger partial charge in [0.05, 0.1) is 17.5 Å². The maximum absolute atomic E-state index is 11.2. The monoisotopic (exact) mass is 175 g/mol. The van der Waals surface area contributed by atoms with Gasteiger partial charge in [-0.2, -0.15) is 5.10 Å². The van der Waals surface area contributed by atoms with Crippen molar-refractivity contribution in [2.24, 2.45) is 0 Å². The molecule has 0 saturated carbocycles. The Hall–Kier alpha value is -1.71. The van der Waals surface area contributed by atoms with Gasteiger partial charge in [0.2, 0.25) is 0 Å². The van der Waals surface area contributed by atoms with Crippen LogP contribution >= 0.6 is 0 Å². The minimum atomic E-state index is 0.0161. The van der Waals surface area contributed by atoms with Gasteiger partial charge in [0.1, 0.15) is 0 Å². The number of carbonyl (C=O) groups excluding carboxylic acids is 1. The lowest BCUT2D eigenvalue weighted by Gasteiger charge is -2.01. The fourth-order valence-electron chi connectivity index (χ4n) is 1.29. The minimum absolute atomic E-state index is 0.0161. The van der Waals surface area contributed by atoms with Crippen LogP contribution in [0.4, 0.5) is 0 Å². The molecule has 2 aromatic rings. The van der Waals surface area contributed by atoms with Gasteiger partial charge in [-0.15, -0.1) is 0 Å². The number of hydrogen-bond donors (Lipinski definition) is 0. The Bertz CT molecular complexity index is 473. The number of hydrogen-bond acceptors (Lipinski definition) is 3. The summed E-state index contributed by atoms with van der Waals surface area (Å²) in [5, 5.41) is 4.00. The van der Waals surface area contributed by atoms with Gasteiger partial charge in [-0.3, -0.25) is 4.79 Å². The lowest BCUT2D eigenvalue weighted by molar-refractivity contribution is 0.101. The third-order valence-electron chi connectivity index (χ3n) is 1.95. The molecule has 0 aliphatic rings. The maximum atomic E-state index is 11.2. The second-order valence-electron chi connectivity index (χ2n) is 2.93. The largest absolute Gasteiger partial charge is 0.294 e. The molecule has 0 aromatic carbocycles. The van der Waals surface area contributed by atoms with Gasteiger partial charge < -0.3 is 0 Å². The molecular formula is C9H9N3O. The predicted octanol–water partition coefficient (Wildman–Crippen LogP) is 1.24. The third kappa shape index (κ3) is 1.20. The third-order valence-corrected chi connectivity index (χ3v) is 1.95. The molecule has 0 atom stereocenters. The Kier molecular flexibility index (Phi) is 1.62. The van der Waals surface area contributed by atoms with Crippen LogP contribution in [0.2, 0.25) is 0 Å². The normalized spacial score (nSPS) is 10.6. The van der Waals surface area contributed by atoms with Crippen LogP contribution in [-0.4, -0.2) is 20.4 Å². The average molecular weight is 175 g/mol. The highest BCUT2D eigenvalue weighted by Gasteiger charge is 2.06. The zero-order valence-corrected chi connectivity index (χ0v) is 7.48. The summed E-state index contributed by atoms with van der Waals surface area (Å²) in [4.78, 5) is 15.4. The highest BCUT2D eigenvalue weighted by Crippen LogP contribution is 2.07. The van der Waals surface area contributed by atoms with Crippen molar-refractivity contribution in [2.45, 2.75) is 13.8 Å². The molecule has 0 radical (unpaired) electrons. The average Bonchev–Trinajstić information content (AvgIpc) is 2.48. The first-order valence-corrected chi connectivity index (χ1v) is 4.00. The molecule has 2 rings (SSSR count). The first-order chi connectivity index (χ1) is 6.18. The number of aromatic nitrogens is 3. The predicted molar refractivity (Wildman–Crippen MR) is 47.7 cm³/mol. The first kappa shape index (κ1) is 7.91. The first-order valence-electron chi connectivity index (χ1n) is 4.00. The summed E-state index contributed by atoms with van der Waals surface area (Å²) in [7, 11) is 0. The van der Waals surface area contributed by atoms with Gasteiger partial charge in [-0.25, -0.2) is 9.50 Å². The van der Waals surface area contributed by atoms with Crippen molar-refractivity contribution in [3.8, 4) is 0 Å². The summed E-state index contributed by atoms with van der Waals surface area (Å²) in [5.41, 5.74) is 2.14. The molecule has 0 spiro atoms. The summed E-state index contributed by atoms with van der Waals surface area (Å²) in [6.07, 6.45) is 3.37. The molecule has 0 amide bonds. The SMILES string of the molecule is CC(=O)c1cn2nccc2nc1C. The molecule has 0 bridgehead atoms. The van der Waals surface area contributed by atoms with Crippen molar-refractivity contribution >= 4 is 11.4 Å². The smallest absolute Gasteiger partial charge is 0.163 e. The lowest BCUT2D eigenvalue weighted by atomic mass is 10.2. The van der Waals surface area contributed by atoms with Crippen LogP contribution in [-0.2, 0) is 0 Å². The maximum Gasteiger partial charge on any atom is 0.163 e. The molecule has 0 N–H and O–H groups in total. The second kappa shape index (κ2) is 2.65. The van der Waals surface area contributed by atoms with Gasteiger partial charge in [-0.05, 0) is 13.8 Å². The summed E-state index contributed by atoms with van der Waals surface area (Å²) in [6, 6.07) is 1.80. The van der Waals surface area contributed by atoms with E-state index in [2.05, 4.69) is 10.1 Å². The molecule has 0 aliphatic heterocycles. The van der Waals surface area contributed by atoms with Crippen LogP contribution in [0, 0.1) is 6.92 Å². The van der Waals surface area contributed by atoms with E-state index < -0.39 is 0 Å². The van der Waals surface area contributed by atoms with Crippen molar-refractivity contribution in [3.05, 3.63) is 29.7 Å². The molecular weight excluding hydrogens is 166 g/mol. The Morgan fingerprint density at radius 3 is 3.00 bits per heavy atom. The van der Waals surface area contributed by atoms with Crippen molar-refractivity contribution in [1.82, 2.24) is 14.6 Å². The van der Waals surface area contributed by atoms with E-state index in [1.807, 2.05) is 6.92 Å². The Morgan fingerprint density at radius 2 is 2.31 bits per heavy atom. The quantitative estimate of drug-likeness (QED) is 0.612. The highest BCUT2D eigenvalue weighted by molar-refractivity contribution is 5.94. The highest BCUT2D eigenvalue weighted by atomic mass is 16.1. The van der Waals surface area contributed by atoms with Gasteiger partial charge in [-0.1, -0.05) is 0 Å². The summed E-state index contributed by atoms with van der Waals surface area (Å²) in [6.45, 7) is 3.35. The summed E-state index contributed by atoms with van der Waals surface area (Å²) in [5.74, 6) is 0.0161. The van der Waals surface area contributed by atoms with E-state index in [0.29, 0.717) is 5.56 Å². The van der Waals surface area contributed by atoms with Gasteiger partial charge in [0.15, 0.2) is 11.4 Å². The molecule has 66 valence electrons. The lowest BCUT2D eigenvalue weighted by Crippen LogP contribution is -2.03. The van der Waals surface area contributed by atoms with E-state index in [0.717, 1.165) is 11.3 Å². The molecule has 0 aliphatic carbocycles. The summed E-state index contributed by atoms with van der Waals surface area (Å²) >= 11 is 0. The van der Waals surface area contributed by atoms with Crippen molar-refractivity contribution in [3.63, 3.8) is 0 Å². The number of carbonyl (C=O) groups is 1. The van der Waals surface area contributed by atoms with E-state index in [-0.39, 0.29) is 5.78 Å². The van der Waals surface area contributed by atoms with Crippen LogP contribution < -0.4 is 0 Å². The number of aryl methyl sites for hydroxylation is 1. The van der Waals surface area contributed by atoms with Crippen molar-refractivity contribution in [2.75, 3.05) is 0 Å². The van der Waals surface area contributed by atoms with Crippen LogP contribution in [0.15, 0.2) is 18.5 Å². The van der Waals surface area contributed by atoms with Crippen LogP contribution in [0.5, 0.6) is 0 Å². The fraction of sp³-hybridized carbons (Fsp3) is 0.222. The van der Waals surface area contributed by atoms with Crippen molar-refractivity contribution < 1.29 is 4.79 Å². The number of nitrogens with zero attached hydrogens (tertiary/aromatic N) is 3. The van der Waals surface area contributed by atoms with Crippen LogP contribution in [0.25, 0.3) is 5.65 Å². The Labute approximate surface area is 75.2 Å². The Morgan fingerprint density at radius 1 is 1.54 bits per heavy atom. The molecule has 0 fully saturated rings. The molecule has 2 aromatic heterocycles. The molecule has 0 unspecified atom stereocenters. The number of rotatable bonds is 1. The number of ketones is 1. The van der Waals surface area contributed by atoms with E-state index in [1.165, 1.54) is 6.92 Å². The standard InChI is InChI=1S/C9H9N3O/c1-6-8(7(2)13)5-12-9(11-6)3-4-10-12/h3-5H,1-2H3. The number of Topliss-reactive ketones (excluding diaryl/α,β-unsaturated/α-hetero) is 1. The molecule has 4 nitrogen and oxygen atoms in total. The van der Waals surface area contributed by atoms with E-state index in [1.54, 1.807) is 23.0 Å². The topological polar surface area (TPSA) is 47.3 Å². The van der Waals surface area contributed by atoms with E-state index in [9.17, 15) is 4.79 Å². The Balaban J connectivity index is 2.76. The fourth-order valence-corrected chi connectivity index (χ4v) is 1.29. The second-order valence-corrected chi connectivity index (χ2v) is 2.93. The zero-order chi connectivity index (χ0) is 9.42. The molecule has 0 saturated heterocycles. The van der Waals surface area contributed by atoms with Crippen LogP contribution in [0.1, 0.15) is 23.0 Å². The number of fused-ring (bicyclic) bond motifs is 1. The summed E-state index contributed by atoms with van der Waals surface area (Å²) < 4.78 is 1.60. The van der Waals surface area contributed by atoms with Gasteiger partial charge in [0, 0.05) is 12.3 Å². The van der Waals surface area contributed by atoms with Crippen LogP contribution in [0.3, 0.4) is 0 Å². The minimum Gasteiger partial charge on any atom is -0.294 e. The molecule has 4 heteroatoms. The molecule has 13 heavy (non-hydrogen) atoms. The van der Waals surface area contributed by atoms with Crippen molar-refractivity contribution in [1.29, 1.82) is 0 Å². The van der Waals surface area contributed by atoms with Gasteiger partial charge in [0.25, 0.3) is 0 Å². The van der Waals surface area contributed by atoms with E-state index in [4.69, 9.17) is 0 Å². The zero-order valence-electron chi connectivity index (χ0n) is 7.48.